The van der Waals surface area contributed by atoms with Gasteiger partial charge < -0.3 is 29.5 Å². The van der Waals surface area contributed by atoms with Crippen LogP contribution in [-0.2, 0) is 9.53 Å². The highest BCUT2D eigenvalue weighted by Crippen LogP contribution is 2.31. The number of carbonyl (C=O) groups excluding carboxylic acids is 1. The molecule has 0 saturated carbocycles. The number of hydrogen-bond acceptors (Lipinski definition) is 9. The van der Waals surface area contributed by atoms with Crippen molar-refractivity contribution in [3.05, 3.63) is 17.7 Å². The van der Waals surface area contributed by atoms with Gasteiger partial charge in [-0.1, -0.05) is 11.8 Å². The highest BCUT2D eigenvalue weighted by atomic mass is 16.6. The number of ether oxygens (including phenoxy) is 2. The second-order valence-electron chi connectivity index (χ2n) is 12.5. The van der Waals surface area contributed by atoms with Crippen LogP contribution in [0.25, 0.3) is 10.9 Å². The average molecular weight is 565 g/mol. The van der Waals surface area contributed by atoms with Gasteiger partial charge in [-0.2, -0.15) is 4.98 Å². The van der Waals surface area contributed by atoms with Gasteiger partial charge in [0.25, 0.3) is 0 Å². The Morgan fingerprint density at radius 2 is 1.85 bits per heavy atom. The fraction of sp³-hybridized carbons (Fsp3) is 0.656. The second-order valence-corrected chi connectivity index (χ2v) is 12.5. The molecular weight excluding hydrogens is 516 g/mol. The van der Waals surface area contributed by atoms with Crippen LogP contribution in [0.1, 0.15) is 72.3 Å². The number of aromatic nitrogens is 2. The number of rotatable bonds is 9. The van der Waals surface area contributed by atoms with Crippen molar-refractivity contribution < 1.29 is 14.3 Å². The first-order chi connectivity index (χ1) is 19.5. The Hall–Kier alpha value is -3.09. The first-order valence-corrected chi connectivity index (χ1v) is 15.1. The summed E-state index contributed by atoms with van der Waals surface area (Å²) >= 11 is 0. The van der Waals surface area contributed by atoms with E-state index in [2.05, 4.69) is 40.8 Å². The molecule has 1 aromatic carbocycles. The Bertz CT molecular complexity index is 1250. The van der Waals surface area contributed by atoms with Crippen LogP contribution in [0.5, 0.6) is 5.75 Å². The molecule has 2 aliphatic rings. The number of nitrogens with zero attached hydrogens (tertiary/aromatic N) is 5. The van der Waals surface area contributed by atoms with Gasteiger partial charge in [-0.25, -0.2) is 4.98 Å². The molecule has 0 unspecified atom stereocenters. The molecule has 0 amide bonds. The van der Waals surface area contributed by atoms with Gasteiger partial charge in [0.2, 0.25) is 5.95 Å². The lowest BCUT2D eigenvalue weighted by molar-refractivity contribution is -0.152. The Morgan fingerprint density at radius 3 is 2.49 bits per heavy atom. The molecule has 0 aliphatic carbocycles. The zero-order chi connectivity index (χ0) is 29.6. The van der Waals surface area contributed by atoms with E-state index in [0.717, 1.165) is 61.2 Å². The molecular formula is C32H48N6O3. The number of methoxy groups -OCH3 is 1. The smallest absolute Gasteiger partial charge is 0.326 e. The van der Waals surface area contributed by atoms with Crippen LogP contribution < -0.4 is 15.0 Å². The van der Waals surface area contributed by atoms with Gasteiger partial charge in [-0.3, -0.25) is 4.79 Å². The molecule has 224 valence electrons. The summed E-state index contributed by atoms with van der Waals surface area (Å²) in [4.78, 5) is 29.1. The molecule has 41 heavy (non-hydrogen) atoms. The number of fused-ring (bicyclic) bond motifs is 1. The van der Waals surface area contributed by atoms with E-state index in [0.29, 0.717) is 23.8 Å². The van der Waals surface area contributed by atoms with Crippen molar-refractivity contribution in [2.24, 2.45) is 0 Å². The van der Waals surface area contributed by atoms with Gasteiger partial charge >= 0.3 is 5.97 Å². The van der Waals surface area contributed by atoms with E-state index >= 15 is 0 Å². The molecule has 9 nitrogen and oxygen atoms in total. The van der Waals surface area contributed by atoms with Crippen LogP contribution in [0, 0.1) is 11.8 Å². The third-order valence-corrected chi connectivity index (χ3v) is 7.71. The number of piperidine rings is 1. The zero-order valence-electron chi connectivity index (χ0n) is 26.0. The maximum atomic E-state index is 12.6. The van der Waals surface area contributed by atoms with Crippen LogP contribution in [0.15, 0.2) is 12.1 Å². The van der Waals surface area contributed by atoms with Crippen molar-refractivity contribution in [1.29, 1.82) is 0 Å². The number of benzene rings is 1. The fourth-order valence-corrected chi connectivity index (χ4v) is 5.46. The average Bonchev–Trinajstić information content (AvgIpc) is 3.43. The second kappa shape index (κ2) is 13.7. The summed E-state index contributed by atoms with van der Waals surface area (Å²) in [5.74, 6) is 8.26. The van der Waals surface area contributed by atoms with E-state index in [9.17, 15) is 4.79 Å². The normalized spacial score (nSPS) is 17.0. The van der Waals surface area contributed by atoms with Crippen LogP contribution in [-0.4, -0.2) is 96.8 Å². The number of nitrogens with one attached hydrogen (secondary N) is 1. The van der Waals surface area contributed by atoms with E-state index in [1.165, 1.54) is 25.9 Å². The van der Waals surface area contributed by atoms with Gasteiger partial charge in [0.1, 0.15) is 23.7 Å². The van der Waals surface area contributed by atoms with Gasteiger partial charge in [0, 0.05) is 50.6 Å². The minimum absolute atomic E-state index is 0.0499. The first-order valence-electron chi connectivity index (χ1n) is 15.1. The summed E-state index contributed by atoms with van der Waals surface area (Å²) < 4.78 is 11.3. The summed E-state index contributed by atoms with van der Waals surface area (Å²) in [5.41, 5.74) is 1.01. The lowest BCUT2D eigenvalue weighted by Gasteiger charge is -2.35. The highest BCUT2D eigenvalue weighted by molar-refractivity contribution is 5.93. The number of esters is 1. The molecule has 0 atom stereocenters. The van der Waals surface area contributed by atoms with Gasteiger partial charge in [0.15, 0.2) is 0 Å². The summed E-state index contributed by atoms with van der Waals surface area (Å²) in [6, 6.07) is 4.81. The van der Waals surface area contributed by atoms with E-state index in [1.54, 1.807) is 12.0 Å². The number of hydrogen-bond donors (Lipinski definition) is 1. The number of carbonyl (C=O) groups is 1. The van der Waals surface area contributed by atoms with Gasteiger partial charge in [-0.05, 0) is 85.5 Å². The largest absolute Gasteiger partial charge is 0.495 e. The zero-order valence-corrected chi connectivity index (χ0v) is 26.0. The predicted octanol–water partition coefficient (Wildman–Crippen LogP) is 4.54. The number of anilines is 2. The molecule has 1 aromatic heterocycles. The quantitative estimate of drug-likeness (QED) is 0.349. The van der Waals surface area contributed by atoms with E-state index in [1.807, 2.05) is 40.0 Å². The molecule has 3 heterocycles. The van der Waals surface area contributed by atoms with Crippen LogP contribution in [0.4, 0.5) is 11.8 Å². The van der Waals surface area contributed by atoms with Crippen LogP contribution in [0.2, 0.25) is 0 Å². The first kappa shape index (κ1) is 30.9. The molecule has 0 bridgehead atoms. The Kier molecular flexibility index (Phi) is 10.3. The number of likely N-dealkylation sites (N-methyl/N-ethyl adjacent to an activating group) is 1. The minimum Gasteiger partial charge on any atom is -0.495 e. The van der Waals surface area contributed by atoms with E-state index < -0.39 is 5.60 Å². The predicted molar refractivity (Wildman–Crippen MR) is 166 cm³/mol. The van der Waals surface area contributed by atoms with Crippen LogP contribution in [0.3, 0.4) is 0 Å². The number of likely N-dealkylation sites (tertiary alicyclic amines) is 2. The standard InChI is InChI=1S/C32H48N6O3/c1-23(2)38-18-13-25(14-19-38)33-30-26-21-28(40-7)24(12-8-9-15-37-16-10-11-17-37)20-27(26)34-31(35-30)36(6)22-29(39)41-32(3,4)5/h20-21,23,25H,9-11,13-19,22H2,1-7H3,(H,33,34,35). The summed E-state index contributed by atoms with van der Waals surface area (Å²) in [6.07, 6.45) is 5.44. The van der Waals surface area contributed by atoms with Crippen molar-refractivity contribution in [3.8, 4) is 17.6 Å². The highest BCUT2D eigenvalue weighted by Gasteiger charge is 2.24. The third kappa shape index (κ3) is 8.70. The molecule has 2 saturated heterocycles. The van der Waals surface area contributed by atoms with Crippen molar-refractivity contribution >= 4 is 28.6 Å². The van der Waals surface area contributed by atoms with Gasteiger partial charge in [-0.15, -0.1) is 0 Å². The third-order valence-electron chi connectivity index (χ3n) is 7.71. The Labute approximate surface area is 246 Å². The van der Waals surface area contributed by atoms with Crippen molar-refractivity contribution in [1.82, 2.24) is 19.8 Å². The fourth-order valence-electron chi connectivity index (χ4n) is 5.46. The van der Waals surface area contributed by atoms with E-state index in [-0.39, 0.29) is 12.5 Å². The molecule has 0 radical (unpaired) electrons. The lowest BCUT2D eigenvalue weighted by Crippen LogP contribution is -2.42. The van der Waals surface area contributed by atoms with E-state index in [4.69, 9.17) is 19.4 Å². The topological polar surface area (TPSA) is 83.1 Å². The summed E-state index contributed by atoms with van der Waals surface area (Å²) in [7, 11) is 3.49. The Morgan fingerprint density at radius 1 is 1.15 bits per heavy atom. The molecule has 1 N–H and O–H groups in total. The SMILES string of the molecule is COc1cc2c(NC3CCN(C(C)C)CC3)nc(N(C)CC(=O)OC(C)(C)C)nc2cc1C#CCCN1CCCC1. The lowest BCUT2D eigenvalue weighted by atomic mass is 10.0. The minimum atomic E-state index is -0.557. The maximum Gasteiger partial charge on any atom is 0.326 e. The molecule has 9 heteroatoms. The molecule has 4 rings (SSSR count). The maximum absolute atomic E-state index is 12.6. The summed E-state index contributed by atoms with van der Waals surface area (Å²) in [5, 5.41) is 4.59. The summed E-state index contributed by atoms with van der Waals surface area (Å²) in [6.45, 7) is 15.6. The molecule has 2 aliphatic heterocycles. The Balaban J connectivity index is 1.63. The molecule has 2 aromatic rings. The molecule has 2 fully saturated rings. The molecule has 0 spiro atoms. The van der Waals surface area contributed by atoms with Crippen molar-refractivity contribution in [2.45, 2.75) is 84.4 Å². The van der Waals surface area contributed by atoms with Gasteiger partial charge in [0.05, 0.1) is 18.2 Å². The van der Waals surface area contributed by atoms with Crippen molar-refractivity contribution in [2.75, 3.05) is 63.6 Å². The van der Waals surface area contributed by atoms with Crippen molar-refractivity contribution in [3.63, 3.8) is 0 Å². The monoisotopic (exact) mass is 564 g/mol. The van der Waals surface area contributed by atoms with Crippen LogP contribution >= 0.6 is 0 Å².